The zero-order valence-electron chi connectivity index (χ0n) is 14.7. The van der Waals surface area contributed by atoms with Gasteiger partial charge in [0.25, 0.3) is 0 Å². The number of fused-ring (bicyclic) bond motifs is 1. The van der Waals surface area contributed by atoms with Gasteiger partial charge in [0.1, 0.15) is 5.65 Å². The molecule has 1 aliphatic heterocycles. The molecule has 3 aromatic rings. The number of hydrogen-bond acceptors (Lipinski definition) is 3. The molecule has 0 saturated carbocycles. The summed E-state index contributed by atoms with van der Waals surface area (Å²) in [5.74, 6) is 0.0845. The molecule has 0 atom stereocenters. The number of rotatable bonds is 4. The summed E-state index contributed by atoms with van der Waals surface area (Å²) in [6.45, 7) is 4.08. The second-order valence-electron chi connectivity index (χ2n) is 6.54. The molecular weight excluding hydrogens is 324 g/mol. The van der Waals surface area contributed by atoms with Crippen molar-refractivity contribution in [3.05, 3.63) is 78.3 Å². The molecule has 0 bridgehead atoms. The predicted octanol–water partition coefficient (Wildman–Crippen LogP) is 2.69. The van der Waals surface area contributed by atoms with E-state index in [0.717, 1.165) is 49.6 Å². The minimum Gasteiger partial charge on any atom is -0.337 e. The van der Waals surface area contributed by atoms with Crippen LogP contribution in [0.5, 0.6) is 0 Å². The fourth-order valence-electron chi connectivity index (χ4n) is 3.26. The number of hydrogen-bond donors (Lipinski definition) is 0. The van der Waals surface area contributed by atoms with E-state index in [0.29, 0.717) is 0 Å². The molecule has 1 amide bonds. The monoisotopic (exact) mass is 346 g/mol. The van der Waals surface area contributed by atoms with Crippen LogP contribution in [0.25, 0.3) is 11.7 Å². The Bertz CT molecular complexity index is 875. The largest absolute Gasteiger partial charge is 0.337 e. The van der Waals surface area contributed by atoms with Crippen molar-refractivity contribution in [3.63, 3.8) is 0 Å². The first kappa shape index (κ1) is 16.5. The summed E-state index contributed by atoms with van der Waals surface area (Å²) in [5, 5.41) is 0. The first-order valence-electron chi connectivity index (χ1n) is 8.95. The van der Waals surface area contributed by atoms with E-state index in [1.54, 1.807) is 6.08 Å². The third kappa shape index (κ3) is 3.83. The van der Waals surface area contributed by atoms with Crippen LogP contribution in [0.4, 0.5) is 0 Å². The minimum atomic E-state index is 0.0845. The Kier molecular flexibility index (Phi) is 4.80. The van der Waals surface area contributed by atoms with Crippen LogP contribution < -0.4 is 0 Å². The summed E-state index contributed by atoms with van der Waals surface area (Å²) < 4.78 is 2.05. The van der Waals surface area contributed by atoms with Crippen LogP contribution in [-0.4, -0.2) is 51.3 Å². The van der Waals surface area contributed by atoms with Crippen LogP contribution in [0, 0.1) is 0 Å². The standard InChI is InChI=1S/C21H22N4O/c26-21(10-9-18-6-2-1-3-7-18)24-14-12-23(13-15-24)16-19-17-25-11-5-4-8-20(25)22-19/h1-11,17H,12-16H2/b10-9+. The highest BCUT2D eigenvalue weighted by Crippen LogP contribution is 2.11. The molecule has 1 aromatic carbocycles. The molecule has 4 rings (SSSR count). The van der Waals surface area contributed by atoms with E-state index in [9.17, 15) is 4.79 Å². The predicted molar refractivity (Wildman–Crippen MR) is 103 cm³/mol. The highest BCUT2D eigenvalue weighted by atomic mass is 16.2. The Balaban J connectivity index is 1.31. The number of piperazine rings is 1. The second-order valence-corrected chi connectivity index (χ2v) is 6.54. The maximum Gasteiger partial charge on any atom is 0.246 e. The van der Waals surface area contributed by atoms with Crippen LogP contribution in [0.2, 0.25) is 0 Å². The maximum absolute atomic E-state index is 12.4. The van der Waals surface area contributed by atoms with Crippen LogP contribution in [0.3, 0.4) is 0 Å². The first-order valence-corrected chi connectivity index (χ1v) is 8.95. The molecule has 0 N–H and O–H groups in total. The van der Waals surface area contributed by atoms with E-state index in [1.807, 2.05) is 70.1 Å². The molecule has 5 heteroatoms. The van der Waals surface area contributed by atoms with Crippen LogP contribution in [-0.2, 0) is 11.3 Å². The molecule has 0 unspecified atom stereocenters. The molecule has 1 fully saturated rings. The number of imidazole rings is 1. The molecule has 0 spiro atoms. The summed E-state index contributed by atoms with van der Waals surface area (Å²) in [4.78, 5) is 21.3. The van der Waals surface area contributed by atoms with Crippen molar-refractivity contribution in [2.24, 2.45) is 0 Å². The normalized spacial score (nSPS) is 15.8. The third-order valence-corrected chi connectivity index (χ3v) is 4.70. The lowest BCUT2D eigenvalue weighted by atomic mass is 10.2. The van der Waals surface area contributed by atoms with Crippen LogP contribution in [0.15, 0.2) is 67.0 Å². The highest BCUT2D eigenvalue weighted by molar-refractivity contribution is 5.91. The van der Waals surface area contributed by atoms with Crippen molar-refractivity contribution in [2.45, 2.75) is 6.54 Å². The zero-order chi connectivity index (χ0) is 17.8. The summed E-state index contributed by atoms with van der Waals surface area (Å²) in [6.07, 6.45) is 7.65. The van der Waals surface area contributed by atoms with Gasteiger partial charge < -0.3 is 9.30 Å². The van der Waals surface area contributed by atoms with Gasteiger partial charge in [-0.15, -0.1) is 0 Å². The van der Waals surface area contributed by atoms with Crippen molar-refractivity contribution < 1.29 is 4.79 Å². The van der Waals surface area contributed by atoms with E-state index in [2.05, 4.69) is 16.1 Å². The number of carbonyl (C=O) groups is 1. The second kappa shape index (κ2) is 7.54. The Hall–Kier alpha value is -2.92. The van der Waals surface area contributed by atoms with E-state index < -0.39 is 0 Å². The Labute approximate surface area is 153 Å². The van der Waals surface area contributed by atoms with Gasteiger partial charge in [-0.2, -0.15) is 0 Å². The van der Waals surface area contributed by atoms with Gasteiger partial charge in [0.15, 0.2) is 0 Å². The zero-order valence-corrected chi connectivity index (χ0v) is 14.7. The van der Waals surface area contributed by atoms with Crippen molar-refractivity contribution in [3.8, 4) is 0 Å². The van der Waals surface area contributed by atoms with Gasteiger partial charge in [-0.25, -0.2) is 4.98 Å². The quantitative estimate of drug-likeness (QED) is 0.682. The highest BCUT2D eigenvalue weighted by Gasteiger charge is 2.20. The van der Waals surface area contributed by atoms with Gasteiger partial charge in [-0.3, -0.25) is 9.69 Å². The fraction of sp³-hybridized carbons (Fsp3) is 0.238. The van der Waals surface area contributed by atoms with Gasteiger partial charge in [-0.1, -0.05) is 36.4 Å². The first-order chi connectivity index (χ1) is 12.8. The maximum atomic E-state index is 12.4. The smallest absolute Gasteiger partial charge is 0.246 e. The molecule has 3 heterocycles. The summed E-state index contributed by atoms with van der Waals surface area (Å²) >= 11 is 0. The molecule has 1 aliphatic rings. The van der Waals surface area contributed by atoms with Crippen molar-refractivity contribution in [1.29, 1.82) is 0 Å². The number of amides is 1. The van der Waals surface area contributed by atoms with Crippen LogP contribution >= 0.6 is 0 Å². The van der Waals surface area contributed by atoms with Gasteiger partial charge in [0, 0.05) is 51.2 Å². The van der Waals surface area contributed by atoms with E-state index in [-0.39, 0.29) is 5.91 Å². The van der Waals surface area contributed by atoms with Crippen molar-refractivity contribution in [2.75, 3.05) is 26.2 Å². The average molecular weight is 346 g/mol. The number of aromatic nitrogens is 2. The molecule has 26 heavy (non-hydrogen) atoms. The van der Waals surface area contributed by atoms with E-state index in [4.69, 9.17) is 0 Å². The lowest BCUT2D eigenvalue weighted by Crippen LogP contribution is -2.47. The number of benzene rings is 1. The Morgan fingerprint density at radius 2 is 1.77 bits per heavy atom. The van der Waals surface area contributed by atoms with Crippen molar-refractivity contribution in [1.82, 2.24) is 19.2 Å². The summed E-state index contributed by atoms with van der Waals surface area (Å²) in [7, 11) is 0. The molecule has 1 saturated heterocycles. The Morgan fingerprint density at radius 3 is 2.54 bits per heavy atom. The lowest BCUT2D eigenvalue weighted by Gasteiger charge is -2.33. The van der Waals surface area contributed by atoms with Gasteiger partial charge in [0.05, 0.1) is 5.69 Å². The van der Waals surface area contributed by atoms with Gasteiger partial charge in [0.2, 0.25) is 5.91 Å². The number of nitrogens with zero attached hydrogens (tertiary/aromatic N) is 4. The summed E-state index contributed by atoms with van der Waals surface area (Å²) in [5.41, 5.74) is 3.09. The fourth-order valence-corrected chi connectivity index (χ4v) is 3.26. The van der Waals surface area contributed by atoms with Gasteiger partial charge >= 0.3 is 0 Å². The SMILES string of the molecule is O=C(/C=C/c1ccccc1)N1CCN(Cc2cn3ccccc3n2)CC1. The van der Waals surface area contributed by atoms with E-state index in [1.165, 1.54) is 0 Å². The topological polar surface area (TPSA) is 40.9 Å². The molecule has 0 radical (unpaired) electrons. The minimum absolute atomic E-state index is 0.0845. The molecule has 0 aliphatic carbocycles. The van der Waals surface area contributed by atoms with Gasteiger partial charge in [-0.05, 0) is 23.8 Å². The summed E-state index contributed by atoms with van der Waals surface area (Å²) in [6, 6.07) is 15.9. The average Bonchev–Trinajstić information content (AvgIpc) is 3.10. The molecule has 5 nitrogen and oxygen atoms in total. The molecule has 132 valence electrons. The third-order valence-electron chi connectivity index (χ3n) is 4.70. The molecular formula is C21H22N4O. The number of pyridine rings is 1. The number of carbonyl (C=O) groups excluding carboxylic acids is 1. The lowest BCUT2D eigenvalue weighted by molar-refractivity contribution is -0.127. The van der Waals surface area contributed by atoms with E-state index >= 15 is 0 Å². The Morgan fingerprint density at radius 1 is 1.00 bits per heavy atom. The van der Waals surface area contributed by atoms with Crippen molar-refractivity contribution >= 4 is 17.6 Å². The molecule has 2 aromatic heterocycles. The van der Waals surface area contributed by atoms with Crippen LogP contribution in [0.1, 0.15) is 11.3 Å².